The minimum absolute atomic E-state index is 0.358. The molecule has 0 bridgehead atoms. The molecule has 4 heteroatoms. The summed E-state index contributed by atoms with van der Waals surface area (Å²) in [6, 6.07) is 53.2. The Balaban J connectivity index is 0.000000136. The Bertz CT molecular complexity index is 6000. The van der Waals surface area contributed by atoms with Gasteiger partial charge in [-0.1, -0.05) is 154 Å². The molecule has 4 aromatic heterocycles. The van der Waals surface area contributed by atoms with Gasteiger partial charge in [-0.3, -0.25) is 0 Å². The van der Waals surface area contributed by atoms with Gasteiger partial charge in [0.15, 0.2) is 24.8 Å². The van der Waals surface area contributed by atoms with E-state index in [1.807, 2.05) is 151 Å². The van der Waals surface area contributed by atoms with E-state index in [0.717, 1.165) is 125 Å². The molecule has 0 amide bonds. The highest BCUT2D eigenvalue weighted by molar-refractivity contribution is 5.86. The number of rotatable bonds is 6. The normalized spacial score (nSPS) is 16.0. The van der Waals surface area contributed by atoms with Crippen molar-refractivity contribution in [3.05, 3.63) is 305 Å². The molecular formula is C95H102N4+4. The van der Waals surface area contributed by atoms with Crippen LogP contribution in [0, 0.1) is 81.2 Å². The van der Waals surface area contributed by atoms with E-state index < -0.39 is 51.9 Å². The molecule has 99 heavy (non-hydrogen) atoms. The number of aromatic nitrogens is 4. The van der Waals surface area contributed by atoms with Crippen LogP contribution in [0.15, 0.2) is 189 Å². The molecule has 0 saturated heterocycles. The number of aryl methyl sites for hydroxylation is 11. The first kappa shape index (κ1) is 49.0. The second-order valence-corrected chi connectivity index (χ2v) is 29.0. The summed E-state index contributed by atoms with van der Waals surface area (Å²) in [5.41, 5.74) is 37.0. The lowest BCUT2D eigenvalue weighted by Gasteiger charge is -2.18. The van der Waals surface area contributed by atoms with E-state index in [1.54, 1.807) is 36.5 Å². The lowest BCUT2D eigenvalue weighted by atomic mass is 9.87. The molecule has 4 aliphatic carbocycles. The van der Waals surface area contributed by atoms with Gasteiger partial charge in [0.05, 0.1) is 0 Å². The Morgan fingerprint density at radius 2 is 0.687 bits per heavy atom. The van der Waals surface area contributed by atoms with Crippen molar-refractivity contribution in [2.45, 2.75) is 148 Å². The van der Waals surface area contributed by atoms with Crippen LogP contribution in [0.4, 0.5) is 0 Å². The van der Waals surface area contributed by atoms with Gasteiger partial charge in [0.25, 0.3) is 0 Å². The predicted octanol–water partition coefficient (Wildman–Crippen LogP) is 21.1. The summed E-state index contributed by atoms with van der Waals surface area (Å²) in [5, 5.41) is 0. The number of pyridine rings is 4. The first-order valence-corrected chi connectivity index (χ1v) is 34.4. The fraction of sp³-hybridized carbons (Fsp3) is 0.284. The predicted molar refractivity (Wildman–Crippen MR) is 415 cm³/mol. The summed E-state index contributed by atoms with van der Waals surface area (Å²) in [6.45, 7) is 11.5. The fourth-order valence-electron chi connectivity index (χ4n) is 15.3. The molecule has 0 aliphatic heterocycles. The van der Waals surface area contributed by atoms with E-state index in [2.05, 4.69) is 124 Å². The second kappa shape index (κ2) is 26.9. The van der Waals surface area contributed by atoms with Crippen LogP contribution in [0.5, 0.6) is 0 Å². The highest BCUT2D eigenvalue weighted by Gasteiger charge is 2.30. The maximum atomic E-state index is 8.69. The standard InChI is InChI=1S/C26H30N.C24H26N.C23H24N.C22H22N/c1-17-7-8-22-20(13-17)15-24-18(2)21(9-10-23(22)24)25-14-19(11-12-27(25)6)16-26(3,4)5;1-15(2)18-10-11-25(5)24(14-18)20-8-9-22-21-7-6-16(3)12-19(21)13-23(22)17(20)4;1-14-6-7-20-18(10-14)12-22-17(4)19(8-9-21(20)22)23-11-15(2)16(3)13-24(23)5;1-14-5-6-19-17(11-14)13-21-16(3)18(7-8-20(19)21)22-12-15(2)9-10-23(22)4/h7-14H,15-16H2,1-6H3;6-12,14-15H,13H2,1-5H3;6-11,13H,12H2,1-5H3;5-12H,13H2,1-4H3/q4*+1/i1D3,16D2;3D3,15D;1D3,3D3;1D3. The highest BCUT2D eigenvalue weighted by Crippen LogP contribution is 2.46. The van der Waals surface area contributed by atoms with Crippen LogP contribution in [0.2, 0.25) is 0 Å². The van der Waals surface area contributed by atoms with Crippen molar-refractivity contribution in [3.63, 3.8) is 0 Å². The maximum absolute atomic E-state index is 8.69. The summed E-state index contributed by atoms with van der Waals surface area (Å²) >= 11 is 0. The third-order valence-electron chi connectivity index (χ3n) is 20.7. The third-order valence-corrected chi connectivity index (χ3v) is 20.7. The van der Waals surface area contributed by atoms with Crippen molar-refractivity contribution < 1.29 is 42.9 Å². The Hall–Kier alpha value is -9.64. The molecule has 0 fully saturated rings. The summed E-state index contributed by atoms with van der Waals surface area (Å²) in [4.78, 5) is 0. The van der Waals surface area contributed by atoms with E-state index in [-0.39, 0.29) is 0 Å². The van der Waals surface area contributed by atoms with Crippen molar-refractivity contribution >= 4 is 0 Å². The molecule has 8 aromatic carbocycles. The van der Waals surface area contributed by atoms with E-state index in [1.165, 1.54) is 61.3 Å². The van der Waals surface area contributed by atoms with E-state index in [0.29, 0.717) is 46.2 Å². The topological polar surface area (TPSA) is 15.5 Å². The quantitative estimate of drug-likeness (QED) is 0.148. The molecule has 0 N–H and O–H groups in total. The van der Waals surface area contributed by atoms with E-state index in [4.69, 9.17) is 24.7 Å². The number of fused-ring (bicyclic) bond motifs is 12. The van der Waals surface area contributed by atoms with Gasteiger partial charge in [-0.15, -0.1) is 0 Å². The summed E-state index contributed by atoms with van der Waals surface area (Å²) in [5.74, 6) is -0.657. The zero-order valence-corrected chi connectivity index (χ0v) is 60.0. The average molecular weight is 1320 g/mol. The first-order chi connectivity index (χ1) is 54.3. The summed E-state index contributed by atoms with van der Waals surface area (Å²) in [6.07, 6.45) is 9.22. The number of hydrogen-bond acceptors (Lipinski definition) is 0. The Labute approximate surface area is 617 Å². The Morgan fingerprint density at radius 3 is 1.05 bits per heavy atom. The molecule has 0 spiro atoms. The van der Waals surface area contributed by atoms with Crippen molar-refractivity contribution in [2.24, 2.45) is 33.6 Å². The molecule has 498 valence electrons. The van der Waals surface area contributed by atoms with E-state index in [9.17, 15) is 0 Å². The van der Waals surface area contributed by atoms with Crippen molar-refractivity contribution in [1.82, 2.24) is 0 Å². The van der Waals surface area contributed by atoms with Gasteiger partial charge in [0.1, 0.15) is 28.2 Å². The second-order valence-electron chi connectivity index (χ2n) is 29.0. The summed E-state index contributed by atoms with van der Waals surface area (Å²) in [7, 11) is 7.95. The Morgan fingerprint density at radius 1 is 0.354 bits per heavy atom. The molecular weight excluding hydrogens is 1200 g/mol. The lowest BCUT2D eigenvalue weighted by molar-refractivity contribution is -0.660. The maximum Gasteiger partial charge on any atom is 0.212 e. The molecule has 16 rings (SSSR count). The molecule has 0 unspecified atom stereocenters. The van der Waals surface area contributed by atoms with Crippen LogP contribution < -0.4 is 18.3 Å². The average Bonchev–Trinajstić information content (AvgIpc) is 1.58. The lowest BCUT2D eigenvalue weighted by Crippen LogP contribution is -2.31. The molecule has 4 nitrogen and oxygen atoms in total. The fourth-order valence-corrected chi connectivity index (χ4v) is 15.3. The van der Waals surface area contributed by atoms with Crippen LogP contribution >= 0.6 is 0 Å². The number of hydrogen-bond donors (Lipinski definition) is 0. The van der Waals surface area contributed by atoms with Crippen molar-refractivity contribution in [1.29, 1.82) is 0 Å². The van der Waals surface area contributed by atoms with Crippen molar-refractivity contribution in [2.75, 3.05) is 0 Å². The first-order valence-electron chi connectivity index (χ1n) is 43.4. The zero-order chi connectivity index (χ0) is 85.4. The number of nitrogens with zero attached hydrogens (tertiary/aromatic N) is 4. The Kier molecular flexibility index (Phi) is 13.3. The van der Waals surface area contributed by atoms with Crippen LogP contribution in [0.3, 0.4) is 0 Å². The van der Waals surface area contributed by atoms with Gasteiger partial charge >= 0.3 is 0 Å². The van der Waals surface area contributed by atoms with Crippen LogP contribution in [0.25, 0.3) is 89.5 Å². The SMILES string of the molecule is [2H]C([2H])([2H])c1ccc2c(c1)Cc1c-2ccc(-c2cc(C([2H])(C)C)cc[n+]2C)c1C.[2H]C([2H])([2H])c1ccc2c(c1)Cc1c-2ccc(-c2cc(C([2H])([2H])C(C)(C)C)cc[n+]2C)c1C.[2H]C([2H])([2H])c1ccc2c(c1)Cc1c-2ccc(-c2cc(C)c(C([2H])([2H])[2H])c[n+]2C)c1C.[2H]C([2H])([2H])c1ccc2c(c1)Cc1c-2ccc(-c2cc(C)cc[n+]2C)c1C. The van der Waals surface area contributed by atoms with Crippen molar-refractivity contribution in [3.8, 4) is 89.5 Å². The minimum Gasteiger partial charge on any atom is -0.201 e. The van der Waals surface area contributed by atoms with Crippen LogP contribution in [-0.2, 0) is 60.2 Å². The van der Waals surface area contributed by atoms with Gasteiger partial charge < -0.3 is 0 Å². The summed E-state index contributed by atoms with van der Waals surface area (Å²) < 4.78 is 149. The monoisotopic (exact) mass is 1320 g/mol. The highest BCUT2D eigenvalue weighted by atomic mass is 14.9. The smallest absolute Gasteiger partial charge is 0.201 e. The molecule has 0 radical (unpaired) electrons. The molecule has 12 aromatic rings. The number of benzene rings is 8. The van der Waals surface area contributed by atoms with Gasteiger partial charge in [0.2, 0.25) is 22.8 Å². The van der Waals surface area contributed by atoms with Gasteiger partial charge in [-0.25, -0.2) is 18.3 Å². The largest absolute Gasteiger partial charge is 0.212 e. The molecule has 0 saturated carbocycles. The zero-order valence-electron chi connectivity index (χ0n) is 78.0. The van der Waals surface area contributed by atoms with Gasteiger partial charge in [0, 0.05) is 95.0 Å². The van der Waals surface area contributed by atoms with Crippen LogP contribution in [0.1, 0.15) is 182 Å². The third kappa shape index (κ3) is 13.3. The van der Waals surface area contributed by atoms with E-state index >= 15 is 0 Å². The molecule has 0 atom stereocenters. The molecule has 4 heterocycles. The van der Waals surface area contributed by atoms with Crippen LogP contribution in [-0.4, -0.2) is 0 Å². The van der Waals surface area contributed by atoms with Gasteiger partial charge in [-0.05, 0) is 277 Å². The molecule has 4 aliphatic rings. The minimum atomic E-state index is -2.14. The van der Waals surface area contributed by atoms with Gasteiger partial charge in [-0.2, -0.15) is 0 Å².